The lowest BCUT2D eigenvalue weighted by molar-refractivity contribution is -0.147. The molecule has 0 spiro atoms. The monoisotopic (exact) mass is 238 g/mol. The van der Waals surface area contributed by atoms with Gasteiger partial charge in [0, 0.05) is 12.8 Å². The minimum Gasteiger partial charge on any atom is -0.463 e. The van der Waals surface area contributed by atoms with Crippen LogP contribution in [0.3, 0.4) is 0 Å². The first-order valence-electron chi connectivity index (χ1n) is 6.26. The molecule has 0 fully saturated rings. The van der Waals surface area contributed by atoms with Gasteiger partial charge in [0.2, 0.25) is 0 Å². The average molecular weight is 238 g/mol. The highest BCUT2D eigenvalue weighted by molar-refractivity contribution is 5.66. The lowest BCUT2D eigenvalue weighted by Gasteiger charge is -2.21. The van der Waals surface area contributed by atoms with Gasteiger partial charge in [0.1, 0.15) is 6.10 Å². The Balaban J connectivity index is 4.53. The topological polar surface area (TPSA) is 26.3 Å². The van der Waals surface area contributed by atoms with Crippen LogP contribution in [0.15, 0.2) is 23.3 Å². The number of carbonyl (C=O) groups excluding carboxylic acids is 1. The van der Waals surface area contributed by atoms with E-state index in [2.05, 4.69) is 39.8 Å². The number of esters is 1. The Bertz CT molecular complexity index is 272. The highest BCUT2D eigenvalue weighted by Crippen LogP contribution is 2.20. The van der Waals surface area contributed by atoms with Gasteiger partial charge in [-0.3, -0.25) is 4.79 Å². The minimum absolute atomic E-state index is 0.0290. The second kappa shape index (κ2) is 8.10. The predicted octanol–water partition coefficient (Wildman–Crippen LogP) is 4.27. The summed E-state index contributed by atoms with van der Waals surface area (Å²) in [5.74, 6) is 0.167. The molecule has 0 bridgehead atoms. The molecule has 2 heteroatoms. The van der Waals surface area contributed by atoms with Crippen molar-refractivity contribution in [3.8, 4) is 0 Å². The molecule has 0 aliphatic rings. The van der Waals surface area contributed by atoms with E-state index in [0.29, 0.717) is 5.92 Å². The van der Waals surface area contributed by atoms with Crippen LogP contribution in [-0.2, 0) is 9.53 Å². The zero-order chi connectivity index (χ0) is 13.4. The van der Waals surface area contributed by atoms with Crippen LogP contribution >= 0.6 is 0 Å². The quantitative estimate of drug-likeness (QED) is 0.510. The van der Waals surface area contributed by atoms with E-state index < -0.39 is 0 Å². The molecule has 0 amide bonds. The zero-order valence-corrected chi connectivity index (χ0v) is 12.0. The molecule has 0 aromatic heterocycles. The number of hydrogen-bond donors (Lipinski definition) is 0. The lowest BCUT2D eigenvalue weighted by atomic mass is 9.94. The van der Waals surface area contributed by atoms with Crippen molar-refractivity contribution in [1.82, 2.24) is 0 Å². The molecule has 0 heterocycles. The third-order valence-electron chi connectivity index (χ3n) is 2.67. The van der Waals surface area contributed by atoms with Crippen LogP contribution in [0.1, 0.15) is 54.4 Å². The molecule has 0 saturated carbocycles. The molecular formula is C15H26O2. The van der Waals surface area contributed by atoms with E-state index in [-0.39, 0.29) is 12.1 Å². The number of ether oxygens (including phenoxy) is 1. The first kappa shape index (κ1) is 16.0. The van der Waals surface area contributed by atoms with Crippen molar-refractivity contribution in [2.24, 2.45) is 5.92 Å². The molecule has 2 nitrogen and oxygen atoms in total. The lowest BCUT2D eigenvalue weighted by Crippen LogP contribution is -2.22. The summed E-state index contributed by atoms with van der Waals surface area (Å²) in [6.45, 7) is 11.8. The van der Waals surface area contributed by atoms with Gasteiger partial charge < -0.3 is 4.74 Å². The Morgan fingerprint density at radius 3 is 1.71 bits per heavy atom. The van der Waals surface area contributed by atoms with Crippen LogP contribution in [0.2, 0.25) is 0 Å². The van der Waals surface area contributed by atoms with Gasteiger partial charge in [-0.05, 0) is 47.5 Å². The number of allylic oxidation sites excluding steroid dienone is 4. The molecule has 0 aliphatic carbocycles. The fraction of sp³-hybridized carbons (Fsp3) is 0.667. The van der Waals surface area contributed by atoms with Gasteiger partial charge in [0.05, 0.1) is 0 Å². The van der Waals surface area contributed by atoms with Gasteiger partial charge in [-0.1, -0.05) is 23.3 Å². The van der Waals surface area contributed by atoms with Gasteiger partial charge in [-0.15, -0.1) is 0 Å². The zero-order valence-electron chi connectivity index (χ0n) is 12.0. The molecule has 0 saturated heterocycles. The van der Waals surface area contributed by atoms with E-state index >= 15 is 0 Å². The van der Waals surface area contributed by atoms with Crippen molar-refractivity contribution in [3.63, 3.8) is 0 Å². The first-order chi connectivity index (χ1) is 7.82. The van der Waals surface area contributed by atoms with Gasteiger partial charge in [-0.2, -0.15) is 0 Å². The van der Waals surface area contributed by atoms with Gasteiger partial charge >= 0.3 is 5.97 Å². The van der Waals surface area contributed by atoms with Crippen LogP contribution in [0.5, 0.6) is 0 Å². The summed E-state index contributed by atoms with van der Waals surface area (Å²) in [7, 11) is 0. The molecule has 98 valence electrons. The highest BCUT2D eigenvalue weighted by atomic mass is 16.5. The second-order valence-electron chi connectivity index (χ2n) is 5.11. The third kappa shape index (κ3) is 8.73. The highest BCUT2D eigenvalue weighted by Gasteiger charge is 2.17. The molecule has 0 aromatic rings. The van der Waals surface area contributed by atoms with Crippen LogP contribution in [-0.4, -0.2) is 12.1 Å². The summed E-state index contributed by atoms with van der Waals surface area (Å²) < 4.78 is 5.28. The fourth-order valence-electron chi connectivity index (χ4n) is 1.61. The molecule has 0 unspecified atom stereocenters. The van der Waals surface area contributed by atoms with E-state index in [1.807, 2.05) is 6.92 Å². The van der Waals surface area contributed by atoms with Gasteiger partial charge in [0.25, 0.3) is 0 Å². The smallest absolute Gasteiger partial charge is 0.302 e. The van der Waals surface area contributed by atoms with E-state index in [1.165, 1.54) is 18.1 Å². The Hall–Kier alpha value is -1.05. The van der Waals surface area contributed by atoms with Crippen molar-refractivity contribution in [3.05, 3.63) is 23.3 Å². The molecule has 17 heavy (non-hydrogen) atoms. The van der Waals surface area contributed by atoms with E-state index in [9.17, 15) is 4.79 Å². The summed E-state index contributed by atoms with van der Waals surface area (Å²) >= 11 is 0. The summed E-state index contributed by atoms with van der Waals surface area (Å²) in [5.41, 5.74) is 2.62. The summed E-state index contributed by atoms with van der Waals surface area (Å²) in [4.78, 5) is 11.0. The largest absolute Gasteiger partial charge is 0.463 e. The van der Waals surface area contributed by atoms with Crippen molar-refractivity contribution in [2.45, 2.75) is 60.5 Å². The van der Waals surface area contributed by atoms with Crippen molar-refractivity contribution in [2.75, 3.05) is 0 Å². The first-order valence-corrected chi connectivity index (χ1v) is 6.26. The van der Waals surface area contributed by atoms with Crippen molar-refractivity contribution >= 4 is 5.97 Å². The third-order valence-corrected chi connectivity index (χ3v) is 2.67. The van der Waals surface area contributed by atoms with Crippen molar-refractivity contribution < 1.29 is 9.53 Å². The molecule has 0 aliphatic heterocycles. The molecule has 1 atom stereocenters. The summed E-state index contributed by atoms with van der Waals surface area (Å²) in [5, 5.41) is 0. The maximum absolute atomic E-state index is 11.0. The second-order valence-corrected chi connectivity index (χ2v) is 5.11. The predicted molar refractivity (Wildman–Crippen MR) is 72.8 cm³/mol. The SMILES string of the molecule is CC(=O)O[C@H](C)C(CC=C(C)C)CC=C(C)C. The molecule has 0 rings (SSSR count). The van der Waals surface area contributed by atoms with E-state index in [4.69, 9.17) is 4.74 Å². The normalized spacial score (nSPS) is 11.9. The number of hydrogen-bond acceptors (Lipinski definition) is 2. The molecule has 0 radical (unpaired) electrons. The number of carbonyl (C=O) groups is 1. The maximum atomic E-state index is 11.0. The Labute approximate surface area is 106 Å². The molecule has 0 N–H and O–H groups in total. The maximum Gasteiger partial charge on any atom is 0.302 e. The van der Waals surface area contributed by atoms with E-state index in [0.717, 1.165) is 12.8 Å². The Kier molecular flexibility index (Phi) is 7.60. The molecular weight excluding hydrogens is 212 g/mol. The minimum atomic E-state index is -0.197. The molecule has 0 aromatic carbocycles. The average Bonchev–Trinajstić information content (AvgIpc) is 2.15. The van der Waals surface area contributed by atoms with Crippen LogP contribution in [0.4, 0.5) is 0 Å². The standard InChI is InChI=1S/C15H26O2/c1-11(2)7-9-15(10-8-12(3)4)13(5)17-14(6)16/h7-8,13,15H,9-10H2,1-6H3/t13-/m1/s1. The van der Waals surface area contributed by atoms with Crippen LogP contribution in [0.25, 0.3) is 0 Å². The van der Waals surface area contributed by atoms with E-state index in [1.54, 1.807) is 0 Å². The van der Waals surface area contributed by atoms with Gasteiger partial charge in [0.15, 0.2) is 0 Å². The summed E-state index contributed by atoms with van der Waals surface area (Å²) in [6, 6.07) is 0. The van der Waals surface area contributed by atoms with Crippen molar-refractivity contribution in [1.29, 1.82) is 0 Å². The fourth-order valence-corrected chi connectivity index (χ4v) is 1.61. The Morgan fingerprint density at radius 1 is 1.00 bits per heavy atom. The number of rotatable bonds is 6. The summed E-state index contributed by atoms with van der Waals surface area (Å²) in [6.07, 6.45) is 6.31. The van der Waals surface area contributed by atoms with Crippen LogP contribution in [0, 0.1) is 5.92 Å². The van der Waals surface area contributed by atoms with Crippen LogP contribution < -0.4 is 0 Å². The van der Waals surface area contributed by atoms with Gasteiger partial charge in [-0.25, -0.2) is 0 Å². The Morgan fingerprint density at radius 2 is 1.41 bits per heavy atom.